The van der Waals surface area contributed by atoms with Crippen LogP contribution in [0.1, 0.15) is 19.7 Å². The van der Waals surface area contributed by atoms with Crippen molar-refractivity contribution in [1.82, 2.24) is 9.97 Å². The SMILES string of the molecule is CCc1nc(Cl)cc(NCC(C)CO)n1. The molecule has 0 saturated carbocycles. The van der Waals surface area contributed by atoms with Crippen LogP contribution in [-0.2, 0) is 6.42 Å². The lowest BCUT2D eigenvalue weighted by molar-refractivity contribution is 0.244. The van der Waals surface area contributed by atoms with Gasteiger partial charge in [0.25, 0.3) is 0 Å². The summed E-state index contributed by atoms with van der Waals surface area (Å²) in [6.07, 6.45) is 0.755. The second kappa shape index (κ2) is 5.88. The Balaban J connectivity index is 2.64. The average molecular weight is 230 g/mol. The van der Waals surface area contributed by atoms with Gasteiger partial charge in [-0.15, -0.1) is 0 Å². The summed E-state index contributed by atoms with van der Waals surface area (Å²) in [7, 11) is 0. The number of aliphatic hydroxyl groups is 1. The molecule has 1 atom stereocenters. The second-order valence-corrected chi connectivity index (χ2v) is 3.90. The molecule has 0 radical (unpaired) electrons. The highest BCUT2D eigenvalue weighted by Gasteiger charge is 2.03. The summed E-state index contributed by atoms with van der Waals surface area (Å²) in [6.45, 7) is 4.77. The fourth-order valence-corrected chi connectivity index (χ4v) is 1.26. The van der Waals surface area contributed by atoms with Gasteiger partial charge in [-0.2, -0.15) is 0 Å². The van der Waals surface area contributed by atoms with Crippen molar-refractivity contribution in [2.45, 2.75) is 20.3 Å². The Labute approximate surface area is 94.7 Å². The van der Waals surface area contributed by atoms with Crippen LogP contribution in [0.4, 0.5) is 5.82 Å². The number of aliphatic hydroxyl groups excluding tert-OH is 1. The Morgan fingerprint density at radius 3 is 2.87 bits per heavy atom. The summed E-state index contributed by atoms with van der Waals surface area (Å²) in [5.74, 6) is 1.64. The van der Waals surface area contributed by atoms with Crippen molar-refractivity contribution in [3.05, 3.63) is 17.0 Å². The van der Waals surface area contributed by atoms with Gasteiger partial charge in [-0.1, -0.05) is 25.4 Å². The highest BCUT2D eigenvalue weighted by Crippen LogP contribution is 2.12. The first kappa shape index (κ1) is 12.2. The van der Waals surface area contributed by atoms with E-state index in [2.05, 4.69) is 15.3 Å². The Morgan fingerprint density at radius 2 is 2.27 bits per heavy atom. The number of nitrogens with one attached hydrogen (secondary N) is 1. The number of aromatic nitrogens is 2. The van der Waals surface area contributed by atoms with Crippen LogP contribution in [0, 0.1) is 5.92 Å². The van der Waals surface area contributed by atoms with Crippen LogP contribution in [0.3, 0.4) is 0 Å². The minimum atomic E-state index is 0.159. The van der Waals surface area contributed by atoms with E-state index in [1.54, 1.807) is 6.07 Å². The summed E-state index contributed by atoms with van der Waals surface area (Å²) in [5.41, 5.74) is 0. The molecule has 0 aromatic carbocycles. The first-order valence-electron chi connectivity index (χ1n) is 5.04. The summed E-state index contributed by atoms with van der Waals surface area (Å²) in [4.78, 5) is 8.33. The van der Waals surface area contributed by atoms with Crippen molar-refractivity contribution in [2.75, 3.05) is 18.5 Å². The molecule has 4 nitrogen and oxygen atoms in total. The average Bonchev–Trinajstić information content (AvgIpc) is 2.25. The van der Waals surface area contributed by atoms with E-state index in [1.807, 2.05) is 13.8 Å². The van der Waals surface area contributed by atoms with E-state index in [4.69, 9.17) is 16.7 Å². The number of hydrogen-bond acceptors (Lipinski definition) is 4. The maximum atomic E-state index is 8.87. The van der Waals surface area contributed by atoms with Crippen LogP contribution in [0.15, 0.2) is 6.07 Å². The fraction of sp³-hybridized carbons (Fsp3) is 0.600. The smallest absolute Gasteiger partial charge is 0.134 e. The predicted octanol–water partition coefficient (Wildman–Crippen LogP) is 1.73. The van der Waals surface area contributed by atoms with Crippen LogP contribution in [-0.4, -0.2) is 28.2 Å². The van der Waals surface area contributed by atoms with Crippen LogP contribution < -0.4 is 5.32 Å². The molecule has 0 spiro atoms. The minimum Gasteiger partial charge on any atom is -0.396 e. The lowest BCUT2D eigenvalue weighted by Crippen LogP contribution is -2.15. The van der Waals surface area contributed by atoms with E-state index in [1.165, 1.54) is 0 Å². The van der Waals surface area contributed by atoms with Gasteiger partial charge in [0.2, 0.25) is 0 Å². The quantitative estimate of drug-likeness (QED) is 0.756. The second-order valence-electron chi connectivity index (χ2n) is 3.51. The molecule has 0 bridgehead atoms. The van der Waals surface area contributed by atoms with Crippen molar-refractivity contribution in [3.63, 3.8) is 0 Å². The lowest BCUT2D eigenvalue weighted by atomic mass is 10.2. The summed E-state index contributed by atoms with van der Waals surface area (Å²) in [6, 6.07) is 1.69. The number of nitrogens with zero attached hydrogens (tertiary/aromatic N) is 2. The molecular weight excluding hydrogens is 214 g/mol. The third kappa shape index (κ3) is 4.01. The van der Waals surface area contributed by atoms with E-state index in [9.17, 15) is 0 Å². The van der Waals surface area contributed by atoms with Crippen molar-refractivity contribution >= 4 is 17.4 Å². The van der Waals surface area contributed by atoms with E-state index < -0.39 is 0 Å². The molecule has 1 rings (SSSR count). The van der Waals surface area contributed by atoms with E-state index >= 15 is 0 Å². The van der Waals surface area contributed by atoms with Crippen LogP contribution in [0.25, 0.3) is 0 Å². The van der Waals surface area contributed by atoms with Gasteiger partial charge in [0.15, 0.2) is 0 Å². The van der Waals surface area contributed by atoms with E-state index in [0.717, 1.165) is 12.2 Å². The Morgan fingerprint density at radius 1 is 1.53 bits per heavy atom. The predicted molar refractivity (Wildman–Crippen MR) is 61.2 cm³/mol. The molecule has 0 saturated heterocycles. The first-order valence-corrected chi connectivity index (χ1v) is 5.41. The molecular formula is C10H16ClN3O. The van der Waals surface area contributed by atoms with Gasteiger partial charge in [-0.05, 0) is 5.92 Å². The summed E-state index contributed by atoms with van der Waals surface area (Å²) in [5, 5.41) is 12.4. The molecule has 0 aliphatic heterocycles. The number of hydrogen-bond donors (Lipinski definition) is 2. The van der Waals surface area contributed by atoms with Crippen molar-refractivity contribution < 1.29 is 5.11 Å². The summed E-state index contributed by atoms with van der Waals surface area (Å²) < 4.78 is 0. The maximum absolute atomic E-state index is 8.87. The molecule has 84 valence electrons. The molecule has 1 unspecified atom stereocenters. The molecule has 15 heavy (non-hydrogen) atoms. The Hall–Kier alpha value is -0.870. The normalized spacial score (nSPS) is 12.5. The number of anilines is 1. The van der Waals surface area contributed by atoms with Gasteiger partial charge in [-0.3, -0.25) is 0 Å². The first-order chi connectivity index (χ1) is 7.15. The van der Waals surface area contributed by atoms with Crippen molar-refractivity contribution in [3.8, 4) is 0 Å². The zero-order valence-corrected chi connectivity index (χ0v) is 9.75. The van der Waals surface area contributed by atoms with Crippen molar-refractivity contribution in [1.29, 1.82) is 0 Å². The molecule has 2 N–H and O–H groups in total. The Bertz CT molecular complexity index is 320. The van der Waals surface area contributed by atoms with Crippen LogP contribution >= 0.6 is 11.6 Å². The van der Waals surface area contributed by atoms with E-state index in [-0.39, 0.29) is 12.5 Å². The summed E-state index contributed by atoms with van der Waals surface area (Å²) >= 11 is 5.84. The molecule has 0 aliphatic carbocycles. The largest absolute Gasteiger partial charge is 0.396 e. The number of aryl methyl sites for hydroxylation is 1. The van der Waals surface area contributed by atoms with Gasteiger partial charge in [0, 0.05) is 25.6 Å². The molecule has 5 heteroatoms. The topological polar surface area (TPSA) is 58.0 Å². The standard InChI is InChI=1S/C10H16ClN3O/c1-3-9-13-8(11)4-10(14-9)12-5-7(2)6-15/h4,7,15H,3,5-6H2,1-2H3,(H,12,13,14). The lowest BCUT2D eigenvalue weighted by Gasteiger charge is -2.10. The Kier molecular flexibility index (Phi) is 4.78. The molecule has 1 aromatic rings. The zero-order valence-electron chi connectivity index (χ0n) is 9.00. The van der Waals surface area contributed by atoms with E-state index in [0.29, 0.717) is 17.5 Å². The monoisotopic (exact) mass is 229 g/mol. The molecule has 0 fully saturated rings. The highest BCUT2D eigenvalue weighted by atomic mass is 35.5. The van der Waals surface area contributed by atoms with Crippen LogP contribution in [0.5, 0.6) is 0 Å². The van der Waals surface area contributed by atoms with Gasteiger partial charge in [0.05, 0.1) is 0 Å². The maximum Gasteiger partial charge on any atom is 0.134 e. The molecule has 0 amide bonds. The minimum absolute atomic E-state index is 0.159. The third-order valence-corrected chi connectivity index (χ3v) is 2.19. The highest BCUT2D eigenvalue weighted by molar-refractivity contribution is 6.29. The fourth-order valence-electron chi connectivity index (χ4n) is 1.06. The number of halogens is 1. The van der Waals surface area contributed by atoms with Gasteiger partial charge in [0.1, 0.15) is 16.8 Å². The zero-order chi connectivity index (χ0) is 11.3. The van der Waals surface area contributed by atoms with Crippen LogP contribution in [0.2, 0.25) is 5.15 Å². The number of rotatable bonds is 5. The third-order valence-electron chi connectivity index (χ3n) is 2.00. The van der Waals surface area contributed by atoms with Gasteiger partial charge >= 0.3 is 0 Å². The molecule has 1 heterocycles. The molecule has 0 aliphatic rings. The molecule has 1 aromatic heterocycles. The van der Waals surface area contributed by atoms with Gasteiger partial charge in [-0.25, -0.2) is 9.97 Å². The van der Waals surface area contributed by atoms with Crippen molar-refractivity contribution in [2.24, 2.45) is 5.92 Å². The van der Waals surface area contributed by atoms with Gasteiger partial charge < -0.3 is 10.4 Å².